The van der Waals surface area contributed by atoms with Crippen LogP contribution in [-0.4, -0.2) is 54.6 Å². The summed E-state index contributed by atoms with van der Waals surface area (Å²) in [6, 6.07) is 0.217. The lowest BCUT2D eigenvalue weighted by molar-refractivity contribution is -0.0124. The Kier molecular flexibility index (Phi) is 7.39. The van der Waals surface area contributed by atoms with Crippen LogP contribution >= 0.6 is 11.8 Å². The van der Waals surface area contributed by atoms with Crippen molar-refractivity contribution in [2.24, 2.45) is 34.9 Å². The van der Waals surface area contributed by atoms with Crippen LogP contribution in [-0.2, 0) is 10.0 Å². The monoisotopic (exact) mass is 540 g/mol. The van der Waals surface area contributed by atoms with E-state index < -0.39 is 15.4 Å². The standard InChI is InChI=1S/C25H40N4O5S2/c1-25(2,13-29(26)36(3,31)32)14-33-24-22(35-19-6-4-5-7-19)21(34-28-24)23(30)27-20-17-9-15-8-16(11-17)12-18(20)10-15/h15-20H,4-14,26H2,1-3H3,(H,27,30). The number of hydrogen-bond acceptors (Lipinski definition) is 8. The summed E-state index contributed by atoms with van der Waals surface area (Å²) in [5.74, 6) is 8.91. The van der Waals surface area contributed by atoms with Crippen molar-refractivity contribution < 1.29 is 22.5 Å². The summed E-state index contributed by atoms with van der Waals surface area (Å²) in [6.45, 7) is 4.02. The Bertz CT molecular complexity index is 1040. The van der Waals surface area contributed by atoms with Crippen LogP contribution in [0.3, 0.4) is 0 Å². The minimum Gasteiger partial charge on any atom is -0.474 e. The van der Waals surface area contributed by atoms with Crippen molar-refractivity contribution in [3.05, 3.63) is 5.76 Å². The lowest BCUT2D eigenvalue weighted by atomic mass is 9.54. The molecule has 4 bridgehead atoms. The number of rotatable bonds is 10. The molecule has 0 spiro atoms. The third-order valence-electron chi connectivity index (χ3n) is 8.55. The van der Waals surface area contributed by atoms with Gasteiger partial charge >= 0.3 is 0 Å². The van der Waals surface area contributed by atoms with Crippen molar-refractivity contribution >= 4 is 27.7 Å². The van der Waals surface area contributed by atoms with Crippen LogP contribution in [0.1, 0.15) is 82.2 Å². The minimum atomic E-state index is -3.51. The second-order valence-corrected chi connectivity index (χ2v) is 15.6. The van der Waals surface area contributed by atoms with Crippen molar-refractivity contribution in [2.75, 3.05) is 19.4 Å². The van der Waals surface area contributed by atoms with Crippen LogP contribution in [0.25, 0.3) is 0 Å². The Hall–Kier alpha value is -1.30. The minimum absolute atomic E-state index is 0.0918. The molecule has 5 aliphatic carbocycles. The third kappa shape index (κ3) is 5.73. The highest BCUT2D eigenvalue weighted by atomic mass is 32.2. The second-order valence-electron chi connectivity index (χ2n) is 12.4. The average Bonchev–Trinajstić information content (AvgIpc) is 3.44. The van der Waals surface area contributed by atoms with Crippen molar-refractivity contribution in [3.8, 4) is 5.88 Å². The lowest BCUT2D eigenvalue weighted by Gasteiger charge is -2.54. The maximum absolute atomic E-state index is 13.5. The van der Waals surface area contributed by atoms with Gasteiger partial charge in [0.25, 0.3) is 11.8 Å². The molecule has 0 radical (unpaired) electrons. The molecule has 0 saturated heterocycles. The SMILES string of the molecule is CC(C)(COc1noc(C(=O)NC2C3CC4CC(C3)CC2C4)c1SC1CCCC1)CN(N)S(C)(=O)=O. The number of ether oxygens (including phenoxy) is 1. The maximum Gasteiger partial charge on any atom is 0.291 e. The molecule has 0 aliphatic heterocycles. The predicted octanol–water partition coefficient (Wildman–Crippen LogP) is 3.80. The fourth-order valence-corrected chi connectivity index (χ4v) is 8.93. The highest BCUT2D eigenvalue weighted by Crippen LogP contribution is 2.54. The highest BCUT2D eigenvalue weighted by Gasteiger charge is 2.49. The molecule has 1 aromatic heterocycles. The zero-order valence-electron chi connectivity index (χ0n) is 21.6. The van der Waals surface area contributed by atoms with E-state index in [0.717, 1.165) is 35.3 Å². The van der Waals surface area contributed by atoms with Crippen LogP contribution < -0.4 is 15.9 Å². The normalized spacial score (nSPS) is 30.3. The number of hydrazine groups is 1. The number of aromatic nitrogens is 1. The first-order valence-corrected chi connectivity index (χ1v) is 16.0. The van der Waals surface area contributed by atoms with Crippen LogP contribution in [0, 0.1) is 29.1 Å². The van der Waals surface area contributed by atoms with E-state index in [1.807, 2.05) is 13.8 Å². The van der Waals surface area contributed by atoms with E-state index >= 15 is 0 Å². The number of sulfonamides is 1. The van der Waals surface area contributed by atoms with Crippen molar-refractivity contribution in [2.45, 2.75) is 87.8 Å². The van der Waals surface area contributed by atoms with E-state index in [1.165, 1.54) is 44.9 Å². The quantitative estimate of drug-likeness (QED) is 0.339. The molecule has 3 N–H and O–H groups in total. The molecule has 36 heavy (non-hydrogen) atoms. The van der Waals surface area contributed by atoms with Gasteiger partial charge < -0.3 is 14.6 Å². The molecule has 202 valence electrons. The van der Waals surface area contributed by atoms with Crippen LogP contribution in [0.2, 0.25) is 0 Å². The summed E-state index contributed by atoms with van der Waals surface area (Å²) >= 11 is 1.63. The van der Waals surface area contributed by atoms with Gasteiger partial charge in [0.15, 0.2) is 0 Å². The fourth-order valence-electron chi connectivity index (χ4n) is 7.01. The van der Waals surface area contributed by atoms with E-state index in [-0.39, 0.29) is 30.9 Å². The molecule has 11 heteroatoms. The molecular weight excluding hydrogens is 500 g/mol. The summed E-state index contributed by atoms with van der Waals surface area (Å²) in [6.07, 6.45) is 11.9. The van der Waals surface area contributed by atoms with Crippen LogP contribution in [0.4, 0.5) is 0 Å². The number of carbonyl (C=O) groups excluding carboxylic acids is 1. The van der Waals surface area contributed by atoms with Gasteiger partial charge in [-0.3, -0.25) is 10.6 Å². The Morgan fingerprint density at radius 2 is 1.78 bits per heavy atom. The van der Waals surface area contributed by atoms with Gasteiger partial charge in [0.1, 0.15) is 4.90 Å². The number of nitrogens with zero attached hydrogens (tertiary/aromatic N) is 2. The molecule has 0 atom stereocenters. The molecule has 5 aliphatic rings. The molecule has 5 saturated carbocycles. The molecule has 9 nitrogen and oxygen atoms in total. The van der Waals surface area contributed by atoms with E-state index in [0.29, 0.717) is 27.9 Å². The first-order valence-electron chi connectivity index (χ1n) is 13.3. The summed E-state index contributed by atoms with van der Waals surface area (Å²) in [7, 11) is -3.51. The van der Waals surface area contributed by atoms with E-state index in [2.05, 4.69) is 10.5 Å². The van der Waals surface area contributed by atoms with Gasteiger partial charge in [-0.25, -0.2) is 8.42 Å². The van der Waals surface area contributed by atoms with Crippen LogP contribution in [0.15, 0.2) is 9.42 Å². The lowest BCUT2D eigenvalue weighted by Crippen LogP contribution is -2.55. The van der Waals surface area contributed by atoms with Crippen LogP contribution in [0.5, 0.6) is 5.88 Å². The number of nitrogens with two attached hydrogens (primary N) is 1. The van der Waals surface area contributed by atoms with E-state index in [4.69, 9.17) is 15.1 Å². The third-order valence-corrected chi connectivity index (χ3v) is 10.9. The summed E-state index contributed by atoms with van der Waals surface area (Å²) < 4.78 is 36.0. The second kappa shape index (κ2) is 10.1. The molecule has 5 fully saturated rings. The van der Waals surface area contributed by atoms with Gasteiger partial charge in [-0.05, 0) is 73.8 Å². The molecule has 0 aromatic carbocycles. The number of hydrogen-bond donors (Lipinski definition) is 2. The molecule has 1 amide bonds. The Labute approximate surface area is 218 Å². The molecule has 6 rings (SSSR count). The highest BCUT2D eigenvalue weighted by molar-refractivity contribution is 8.00. The predicted molar refractivity (Wildman–Crippen MR) is 138 cm³/mol. The van der Waals surface area contributed by atoms with Gasteiger partial charge in [-0.2, -0.15) is 0 Å². The molecular formula is C25H40N4O5S2. The summed E-state index contributed by atoms with van der Waals surface area (Å²) in [5, 5.41) is 7.89. The van der Waals surface area contributed by atoms with Gasteiger partial charge in [0, 0.05) is 23.3 Å². The van der Waals surface area contributed by atoms with Gasteiger partial charge in [0.05, 0.1) is 12.9 Å². The maximum atomic E-state index is 13.5. The zero-order valence-corrected chi connectivity index (χ0v) is 23.2. The molecule has 1 heterocycles. The van der Waals surface area contributed by atoms with Crippen molar-refractivity contribution in [1.29, 1.82) is 0 Å². The van der Waals surface area contributed by atoms with Gasteiger partial charge in [-0.15, -0.1) is 16.2 Å². The zero-order chi connectivity index (χ0) is 25.7. The van der Waals surface area contributed by atoms with Crippen molar-refractivity contribution in [3.63, 3.8) is 0 Å². The number of nitrogens with one attached hydrogen (secondary N) is 1. The molecule has 0 unspecified atom stereocenters. The number of amides is 1. The molecule has 1 aromatic rings. The van der Waals surface area contributed by atoms with Gasteiger partial charge in [0.2, 0.25) is 15.8 Å². The smallest absolute Gasteiger partial charge is 0.291 e. The van der Waals surface area contributed by atoms with E-state index in [1.54, 1.807) is 11.8 Å². The number of thioether (sulfide) groups is 1. The average molecular weight is 541 g/mol. The van der Waals surface area contributed by atoms with Crippen molar-refractivity contribution in [1.82, 2.24) is 14.9 Å². The first kappa shape index (κ1) is 26.3. The Balaban J connectivity index is 1.30. The van der Waals surface area contributed by atoms with Gasteiger partial charge in [-0.1, -0.05) is 26.7 Å². The van der Waals surface area contributed by atoms with E-state index in [9.17, 15) is 13.2 Å². The Morgan fingerprint density at radius 1 is 1.17 bits per heavy atom. The Morgan fingerprint density at radius 3 is 2.36 bits per heavy atom. The fraction of sp³-hybridized carbons (Fsp3) is 0.840. The summed E-state index contributed by atoms with van der Waals surface area (Å²) in [4.78, 5) is 14.2. The first-order chi connectivity index (χ1) is 17.0. The largest absolute Gasteiger partial charge is 0.474 e. The summed E-state index contributed by atoms with van der Waals surface area (Å²) in [5.41, 5.74) is -0.575. The topological polar surface area (TPSA) is 128 Å². The number of carbonyl (C=O) groups is 1.